The number of hydrogen-bond donors (Lipinski definition) is 3. The first-order valence-electron chi connectivity index (χ1n) is 6.18. The first kappa shape index (κ1) is 14.8. The SMILES string of the molecule is CC(O)C1CCN(C(=O)NC(C)(C)CC(=O)O)C1. The van der Waals surface area contributed by atoms with Crippen LogP contribution in [-0.2, 0) is 4.79 Å². The molecule has 0 saturated carbocycles. The fourth-order valence-corrected chi connectivity index (χ4v) is 2.16. The average Bonchev–Trinajstić information content (AvgIpc) is 2.62. The first-order valence-corrected chi connectivity index (χ1v) is 6.18. The maximum Gasteiger partial charge on any atom is 0.317 e. The molecule has 1 fully saturated rings. The van der Waals surface area contributed by atoms with E-state index in [2.05, 4.69) is 5.32 Å². The summed E-state index contributed by atoms with van der Waals surface area (Å²) in [6.45, 7) is 6.21. The van der Waals surface area contributed by atoms with Crippen molar-refractivity contribution in [2.24, 2.45) is 5.92 Å². The van der Waals surface area contributed by atoms with Gasteiger partial charge in [0.25, 0.3) is 0 Å². The summed E-state index contributed by atoms with van der Waals surface area (Å²) >= 11 is 0. The number of likely N-dealkylation sites (tertiary alicyclic amines) is 1. The number of aliphatic hydroxyl groups excluding tert-OH is 1. The zero-order valence-corrected chi connectivity index (χ0v) is 11.1. The molecular weight excluding hydrogens is 236 g/mol. The van der Waals surface area contributed by atoms with Crippen LogP contribution in [0.15, 0.2) is 0 Å². The Labute approximate surface area is 107 Å². The van der Waals surface area contributed by atoms with E-state index in [-0.39, 0.29) is 18.4 Å². The van der Waals surface area contributed by atoms with Crippen LogP contribution in [-0.4, -0.2) is 51.8 Å². The van der Waals surface area contributed by atoms with Gasteiger partial charge in [-0.25, -0.2) is 4.79 Å². The Morgan fingerprint density at radius 2 is 2.11 bits per heavy atom. The van der Waals surface area contributed by atoms with E-state index in [1.165, 1.54) is 0 Å². The Bertz CT molecular complexity index is 328. The highest BCUT2D eigenvalue weighted by molar-refractivity contribution is 5.77. The standard InChI is InChI=1S/C12H22N2O4/c1-8(15)9-4-5-14(7-9)11(18)13-12(2,3)6-10(16)17/h8-9,15H,4-7H2,1-3H3,(H,13,18)(H,16,17). The first-order chi connectivity index (χ1) is 8.21. The Kier molecular flexibility index (Phi) is 4.56. The summed E-state index contributed by atoms with van der Waals surface area (Å²) in [4.78, 5) is 24.2. The quantitative estimate of drug-likeness (QED) is 0.690. The maximum absolute atomic E-state index is 12.0. The van der Waals surface area contributed by atoms with Crippen molar-refractivity contribution in [1.29, 1.82) is 0 Å². The van der Waals surface area contributed by atoms with Gasteiger partial charge in [0.15, 0.2) is 0 Å². The van der Waals surface area contributed by atoms with Gasteiger partial charge in [-0.2, -0.15) is 0 Å². The van der Waals surface area contributed by atoms with Gasteiger partial charge < -0.3 is 20.4 Å². The second kappa shape index (κ2) is 5.56. The van der Waals surface area contributed by atoms with E-state index in [1.807, 2.05) is 0 Å². The second-order valence-electron chi connectivity index (χ2n) is 5.62. The number of nitrogens with zero attached hydrogens (tertiary/aromatic N) is 1. The highest BCUT2D eigenvalue weighted by atomic mass is 16.4. The van der Waals surface area contributed by atoms with Crippen LogP contribution in [0.1, 0.15) is 33.6 Å². The third-order valence-corrected chi connectivity index (χ3v) is 3.23. The molecule has 2 unspecified atom stereocenters. The number of aliphatic hydroxyl groups is 1. The Hall–Kier alpha value is -1.30. The number of amides is 2. The monoisotopic (exact) mass is 258 g/mol. The summed E-state index contributed by atoms with van der Waals surface area (Å²) in [5, 5.41) is 20.9. The van der Waals surface area contributed by atoms with E-state index in [0.717, 1.165) is 6.42 Å². The number of urea groups is 1. The van der Waals surface area contributed by atoms with Crippen molar-refractivity contribution in [3.8, 4) is 0 Å². The highest BCUT2D eigenvalue weighted by Gasteiger charge is 2.32. The van der Waals surface area contributed by atoms with Crippen molar-refractivity contribution < 1.29 is 19.8 Å². The molecule has 6 heteroatoms. The normalized spacial score (nSPS) is 21.8. The van der Waals surface area contributed by atoms with E-state index in [9.17, 15) is 14.7 Å². The minimum absolute atomic E-state index is 0.110. The second-order valence-corrected chi connectivity index (χ2v) is 5.62. The molecule has 1 saturated heterocycles. The van der Waals surface area contributed by atoms with E-state index in [0.29, 0.717) is 13.1 Å². The number of carboxylic acid groups (broad SMARTS) is 1. The number of carboxylic acids is 1. The van der Waals surface area contributed by atoms with Gasteiger partial charge in [0, 0.05) is 24.5 Å². The molecule has 0 radical (unpaired) electrons. The summed E-state index contributed by atoms with van der Waals surface area (Å²) in [7, 11) is 0. The fourth-order valence-electron chi connectivity index (χ4n) is 2.16. The summed E-state index contributed by atoms with van der Waals surface area (Å²) in [6, 6.07) is -0.260. The molecular formula is C12H22N2O4. The van der Waals surface area contributed by atoms with Crippen molar-refractivity contribution >= 4 is 12.0 Å². The molecule has 1 aliphatic rings. The molecule has 1 heterocycles. The molecule has 0 bridgehead atoms. The van der Waals surface area contributed by atoms with Crippen LogP contribution < -0.4 is 5.32 Å². The summed E-state index contributed by atoms with van der Waals surface area (Å²) in [5.74, 6) is -0.832. The van der Waals surface area contributed by atoms with Gasteiger partial charge in [-0.05, 0) is 27.2 Å². The van der Waals surface area contributed by atoms with Crippen LogP contribution >= 0.6 is 0 Å². The third kappa shape index (κ3) is 4.18. The lowest BCUT2D eigenvalue weighted by atomic mass is 10.0. The predicted octanol–water partition coefficient (Wildman–Crippen LogP) is 0.652. The molecule has 1 rings (SSSR count). The number of carbonyl (C=O) groups is 2. The van der Waals surface area contributed by atoms with E-state index >= 15 is 0 Å². The summed E-state index contributed by atoms with van der Waals surface area (Å²) < 4.78 is 0. The van der Waals surface area contributed by atoms with E-state index < -0.39 is 17.6 Å². The number of nitrogens with one attached hydrogen (secondary N) is 1. The minimum Gasteiger partial charge on any atom is -0.481 e. The molecule has 0 aromatic carbocycles. The number of rotatable bonds is 4. The molecule has 3 N–H and O–H groups in total. The molecule has 0 spiro atoms. The molecule has 2 amide bonds. The zero-order valence-electron chi connectivity index (χ0n) is 11.1. The lowest BCUT2D eigenvalue weighted by molar-refractivity contribution is -0.138. The topological polar surface area (TPSA) is 89.9 Å². The van der Waals surface area contributed by atoms with E-state index in [4.69, 9.17) is 5.11 Å². The van der Waals surface area contributed by atoms with Gasteiger partial charge >= 0.3 is 12.0 Å². The summed E-state index contributed by atoms with van der Waals surface area (Å²) in [6.07, 6.45) is 0.242. The third-order valence-electron chi connectivity index (χ3n) is 3.23. The van der Waals surface area contributed by atoms with Gasteiger partial charge in [-0.15, -0.1) is 0 Å². The molecule has 0 aliphatic carbocycles. The Morgan fingerprint density at radius 3 is 2.56 bits per heavy atom. The van der Waals surface area contributed by atoms with Crippen molar-refractivity contribution in [2.45, 2.75) is 45.3 Å². The molecule has 1 aliphatic heterocycles. The lowest BCUT2D eigenvalue weighted by Gasteiger charge is -2.28. The van der Waals surface area contributed by atoms with Gasteiger partial charge in [0.05, 0.1) is 12.5 Å². The number of aliphatic carboxylic acids is 1. The largest absolute Gasteiger partial charge is 0.481 e. The number of carbonyl (C=O) groups excluding carboxylic acids is 1. The zero-order chi connectivity index (χ0) is 13.9. The molecule has 18 heavy (non-hydrogen) atoms. The Balaban J connectivity index is 2.49. The summed E-state index contributed by atoms with van der Waals surface area (Å²) in [5.41, 5.74) is -0.772. The molecule has 6 nitrogen and oxygen atoms in total. The van der Waals surface area contributed by atoms with Crippen LogP contribution in [0.3, 0.4) is 0 Å². The smallest absolute Gasteiger partial charge is 0.317 e. The van der Waals surface area contributed by atoms with Crippen LogP contribution in [0.5, 0.6) is 0 Å². The van der Waals surface area contributed by atoms with Crippen molar-refractivity contribution in [2.75, 3.05) is 13.1 Å². The maximum atomic E-state index is 12.0. The minimum atomic E-state index is -0.941. The Morgan fingerprint density at radius 1 is 1.50 bits per heavy atom. The molecule has 0 aromatic rings. The van der Waals surface area contributed by atoms with Gasteiger partial charge in [-0.1, -0.05) is 0 Å². The van der Waals surface area contributed by atoms with Crippen LogP contribution in [0.4, 0.5) is 4.79 Å². The lowest BCUT2D eigenvalue weighted by Crippen LogP contribution is -2.50. The fraction of sp³-hybridized carbons (Fsp3) is 0.833. The average molecular weight is 258 g/mol. The van der Waals surface area contributed by atoms with E-state index in [1.54, 1.807) is 25.7 Å². The van der Waals surface area contributed by atoms with Crippen LogP contribution in [0, 0.1) is 5.92 Å². The van der Waals surface area contributed by atoms with Gasteiger partial charge in [-0.3, -0.25) is 4.79 Å². The van der Waals surface area contributed by atoms with Crippen LogP contribution in [0.25, 0.3) is 0 Å². The van der Waals surface area contributed by atoms with Crippen molar-refractivity contribution in [3.05, 3.63) is 0 Å². The van der Waals surface area contributed by atoms with Crippen molar-refractivity contribution in [1.82, 2.24) is 10.2 Å². The molecule has 0 aromatic heterocycles. The highest BCUT2D eigenvalue weighted by Crippen LogP contribution is 2.20. The van der Waals surface area contributed by atoms with Gasteiger partial charge in [0.2, 0.25) is 0 Å². The molecule has 104 valence electrons. The molecule has 2 atom stereocenters. The number of hydrogen-bond acceptors (Lipinski definition) is 3. The van der Waals surface area contributed by atoms with Crippen LogP contribution in [0.2, 0.25) is 0 Å². The van der Waals surface area contributed by atoms with Crippen molar-refractivity contribution in [3.63, 3.8) is 0 Å². The predicted molar refractivity (Wildman–Crippen MR) is 66.2 cm³/mol. The van der Waals surface area contributed by atoms with Gasteiger partial charge in [0.1, 0.15) is 0 Å².